The molecule has 0 fully saturated rings. The molecule has 39 heavy (non-hydrogen) atoms. The van der Waals surface area contributed by atoms with Crippen LogP contribution in [0.1, 0.15) is 33.9 Å². The highest BCUT2D eigenvalue weighted by Gasteiger charge is 2.35. The number of hydrazone groups is 1. The van der Waals surface area contributed by atoms with E-state index in [1.54, 1.807) is 40.6 Å². The molecule has 4 rings (SSSR count). The number of carbonyl (C=O) groups excluding carboxylic acids is 1. The van der Waals surface area contributed by atoms with Crippen LogP contribution in [0.25, 0.3) is 0 Å². The molecule has 1 heterocycles. The van der Waals surface area contributed by atoms with Crippen molar-refractivity contribution >= 4 is 11.6 Å². The van der Waals surface area contributed by atoms with Crippen LogP contribution in [0.3, 0.4) is 0 Å². The van der Waals surface area contributed by atoms with E-state index in [0.717, 1.165) is 11.1 Å². The standard InChI is InChI=1S/C29H32N2O8/c1-33-22-10-8-17(12-24(22)35-3)20-16-21(18-9-11-23(34-2)25(13-18)36-4)31(30-20)29(32)19-14-26(37-5)28(39-7)27(15-19)38-6/h8-15,21H,16H2,1-7H3/t21-/m1/s1. The Bertz CT molecular complexity index is 1360. The Morgan fingerprint density at radius 3 is 1.74 bits per heavy atom. The fourth-order valence-electron chi connectivity index (χ4n) is 4.54. The van der Waals surface area contributed by atoms with E-state index in [1.807, 2.05) is 36.4 Å². The summed E-state index contributed by atoms with van der Waals surface area (Å²) in [5.41, 5.74) is 2.66. The summed E-state index contributed by atoms with van der Waals surface area (Å²) >= 11 is 0. The lowest BCUT2D eigenvalue weighted by molar-refractivity contribution is 0.0710. The molecule has 206 valence electrons. The van der Waals surface area contributed by atoms with E-state index < -0.39 is 6.04 Å². The van der Waals surface area contributed by atoms with Gasteiger partial charge in [0.2, 0.25) is 5.75 Å². The summed E-state index contributed by atoms with van der Waals surface area (Å²) in [4.78, 5) is 14.0. The topological polar surface area (TPSA) is 97.3 Å². The van der Waals surface area contributed by atoms with Gasteiger partial charge in [0.1, 0.15) is 0 Å². The molecule has 3 aromatic carbocycles. The van der Waals surface area contributed by atoms with Crippen LogP contribution in [0.4, 0.5) is 0 Å². The molecule has 1 amide bonds. The molecule has 1 aliphatic heterocycles. The van der Waals surface area contributed by atoms with Crippen molar-refractivity contribution in [1.29, 1.82) is 0 Å². The zero-order chi connectivity index (χ0) is 28.1. The molecule has 0 radical (unpaired) electrons. The monoisotopic (exact) mass is 536 g/mol. The Labute approximate surface area is 227 Å². The Hall–Kier alpha value is -4.60. The molecule has 10 heteroatoms. The highest BCUT2D eigenvalue weighted by molar-refractivity contribution is 6.05. The number of rotatable bonds is 10. The van der Waals surface area contributed by atoms with Crippen molar-refractivity contribution in [2.24, 2.45) is 5.10 Å². The lowest BCUT2D eigenvalue weighted by Crippen LogP contribution is -2.27. The minimum atomic E-state index is -0.431. The van der Waals surface area contributed by atoms with Crippen molar-refractivity contribution in [3.63, 3.8) is 0 Å². The SMILES string of the molecule is COc1ccc(C2=NN(C(=O)c3cc(OC)c(OC)c(OC)c3)[C@@H](c3ccc(OC)c(OC)c3)C2)cc1OC. The molecule has 1 aliphatic rings. The van der Waals surface area contributed by atoms with Crippen LogP contribution >= 0.6 is 0 Å². The maximum atomic E-state index is 14.0. The van der Waals surface area contributed by atoms with Crippen molar-refractivity contribution in [3.8, 4) is 40.2 Å². The minimum absolute atomic E-state index is 0.326. The van der Waals surface area contributed by atoms with E-state index in [9.17, 15) is 4.79 Å². The van der Waals surface area contributed by atoms with Crippen molar-refractivity contribution in [2.75, 3.05) is 49.8 Å². The first-order valence-electron chi connectivity index (χ1n) is 12.1. The van der Waals surface area contributed by atoms with Crippen LogP contribution in [0.15, 0.2) is 53.6 Å². The van der Waals surface area contributed by atoms with Gasteiger partial charge in [-0.15, -0.1) is 0 Å². The van der Waals surface area contributed by atoms with E-state index >= 15 is 0 Å². The smallest absolute Gasteiger partial charge is 0.274 e. The summed E-state index contributed by atoms with van der Waals surface area (Å²) in [5.74, 6) is 3.08. The number of amides is 1. The number of carbonyl (C=O) groups is 1. The molecule has 0 aliphatic carbocycles. The molecule has 0 spiro atoms. The third-order valence-electron chi connectivity index (χ3n) is 6.54. The van der Waals surface area contributed by atoms with Gasteiger partial charge in [-0.2, -0.15) is 5.10 Å². The summed E-state index contributed by atoms with van der Waals surface area (Å²) < 4.78 is 38.2. The summed E-state index contributed by atoms with van der Waals surface area (Å²) in [7, 11) is 10.8. The first-order chi connectivity index (χ1) is 18.9. The van der Waals surface area contributed by atoms with Crippen LogP contribution in [-0.2, 0) is 0 Å². The Balaban J connectivity index is 1.82. The Kier molecular flexibility index (Phi) is 8.33. The van der Waals surface area contributed by atoms with Gasteiger partial charge in [0.15, 0.2) is 34.5 Å². The minimum Gasteiger partial charge on any atom is -0.493 e. The number of hydrogen-bond donors (Lipinski definition) is 0. The van der Waals surface area contributed by atoms with Gasteiger partial charge in [0.25, 0.3) is 5.91 Å². The second-order valence-corrected chi connectivity index (χ2v) is 8.51. The summed E-state index contributed by atoms with van der Waals surface area (Å²) in [6.45, 7) is 0. The molecule has 10 nitrogen and oxygen atoms in total. The molecule has 0 bridgehead atoms. The molecule has 3 aromatic rings. The number of hydrogen-bond acceptors (Lipinski definition) is 9. The van der Waals surface area contributed by atoms with Gasteiger partial charge in [-0.1, -0.05) is 6.07 Å². The van der Waals surface area contributed by atoms with Crippen molar-refractivity contribution in [2.45, 2.75) is 12.5 Å². The predicted octanol–water partition coefficient (Wildman–Crippen LogP) is 4.74. The highest BCUT2D eigenvalue weighted by atomic mass is 16.5. The number of ether oxygens (including phenoxy) is 7. The summed E-state index contributed by atoms with van der Waals surface area (Å²) in [6.07, 6.45) is 0.446. The van der Waals surface area contributed by atoms with Crippen LogP contribution in [-0.4, -0.2) is 66.4 Å². The third kappa shape index (κ3) is 5.22. The maximum Gasteiger partial charge on any atom is 0.274 e. The zero-order valence-electron chi connectivity index (χ0n) is 23.1. The lowest BCUT2D eigenvalue weighted by atomic mass is 9.97. The van der Waals surface area contributed by atoms with E-state index in [-0.39, 0.29) is 5.91 Å². The fraction of sp³-hybridized carbons (Fsp3) is 0.310. The largest absolute Gasteiger partial charge is 0.493 e. The average Bonchev–Trinajstić information content (AvgIpc) is 3.44. The van der Waals surface area contributed by atoms with Crippen LogP contribution in [0, 0.1) is 0 Å². The van der Waals surface area contributed by atoms with Gasteiger partial charge < -0.3 is 33.2 Å². The molecular weight excluding hydrogens is 504 g/mol. The first-order valence-corrected chi connectivity index (χ1v) is 12.1. The lowest BCUT2D eigenvalue weighted by Gasteiger charge is -2.23. The Morgan fingerprint density at radius 1 is 0.667 bits per heavy atom. The van der Waals surface area contributed by atoms with E-state index in [1.165, 1.54) is 26.3 Å². The Morgan fingerprint density at radius 2 is 1.21 bits per heavy atom. The number of methoxy groups -OCH3 is 7. The van der Waals surface area contributed by atoms with Gasteiger partial charge in [0, 0.05) is 17.5 Å². The quantitative estimate of drug-likeness (QED) is 0.367. The van der Waals surface area contributed by atoms with Crippen LogP contribution in [0.5, 0.6) is 40.2 Å². The van der Waals surface area contributed by atoms with Crippen molar-refractivity contribution in [1.82, 2.24) is 5.01 Å². The first kappa shape index (κ1) is 27.4. The van der Waals surface area contributed by atoms with E-state index in [2.05, 4.69) is 0 Å². The van der Waals surface area contributed by atoms with Crippen molar-refractivity contribution in [3.05, 3.63) is 65.2 Å². The maximum absolute atomic E-state index is 14.0. The second kappa shape index (κ2) is 11.8. The highest BCUT2D eigenvalue weighted by Crippen LogP contribution is 2.42. The van der Waals surface area contributed by atoms with Gasteiger partial charge >= 0.3 is 0 Å². The van der Waals surface area contributed by atoms with Crippen molar-refractivity contribution < 1.29 is 38.0 Å². The molecular formula is C29H32N2O8. The van der Waals surface area contributed by atoms with Gasteiger partial charge in [0.05, 0.1) is 61.5 Å². The molecule has 0 aromatic heterocycles. The third-order valence-corrected chi connectivity index (χ3v) is 6.54. The number of benzene rings is 3. The fourth-order valence-corrected chi connectivity index (χ4v) is 4.54. The summed E-state index contributed by atoms with van der Waals surface area (Å²) in [5, 5.41) is 6.26. The van der Waals surface area contributed by atoms with E-state index in [4.69, 9.17) is 38.3 Å². The predicted molar refractivity (Wildman–Crippen MR) is 145 cm³/mol. The molecule has 0 saturated carbocycles. The number of nitrogens with zero attached hydrogens (tertiary/aromatic N) is 2. The van der Waals surface area contributed by atoms with Crippen LogP contribution in [0.2, 0.25) is 0 Å². The molecule has 0 saturated heterocycles. The van der Waals surface area contributed by atoms with E-state index in [0.29, 0.717) is 57.9 Å². The molecule has 0 N–H and O–H groups in total. The second-order valence-electron chi connectivity index (χ2n) is 8.51. The molecule has 1 atom stereocenters. The van der Waals surface area contributed by atoms with Gasteiger partial charge in [-0.05, 0) is 48.0 Å². The average molecular weight is 537 g/mol. The summed E-state index contributed by atoms with van der Waals surface area (Å²) in [6, 6.07) is 13.9. The van der Waals surface area contributed by atoms with Crippen LogP contribution < -0.4 is 33.2 Å². The zero-order valence-corrected chi connectivity index (χ0v) is 23.1. The molecule has 0 unspecified atom stereocenters. The normalized spacial score (nSPS) is 14.4. The van der Waals surface area contributed by atoms with Gasteiger partial charge in [-0.3, -0.25) is 4.79 Å². The van der Waals surface area contributed by atoms with Gasteiger partial charge in [-0.25, -0.2) is 5.01 Å².